The SMILES string of the molecule is OCc1nnc2[nH]ccc2c1Cl. The topological polar surface area (TPSA) is 61.8 Å². The average molecular weight is 184 g/mol. The fourth-order valence-electron chi connectivity index (χ4n) is 1.03. The number of aliphatic hydroxyl groups excluding tert-OH is 1. The van der Waals surface area contributed by atoms with Gasteiger partial charge in [-0.15, -0.1) is 10.2 Å². The molecule has 0 amide bonds. The van der Waals surface area contributed by atoms with Gasteiger partial charge in [0.1, 0.15) is 5.69 Å². The molecule has 0 saturated carbocycles. The van der Waals surface area contributed by atoms with Crippen molar-refractivity contribution in [2.75, 3.05) is 0 Å². The minimum absolute atomic E-state index is 0.188. The Morgan fingerprint density at radius 2 is 2.33 bits per heavy atom. The van der Waals surface area contributed by atoms with Crippen LogP contribution >= 0.6 is 11.6 Å². The standard InChI is InChI=1S/C7H6ClN3O/c8-6-4-1-2-9-7(4)11-10-5(6)3-12/h1-2,12H,3H2,(H,9,11). The van der Waals surface area contributed by atoms with E-state index < -0.39 is 0 Å². The van der Waals surface area contributed by atoms with E-state index in [0.717, 1.165) is 5.39 Å². The Labute approximate surface area is 73.2 Å². The largest absolute Gasteiger partial charge is 0.390 e. The predicted molar refractivity (Wildman–Crippen MR) is 44.8 cm³/mol. The number of hydrogen-bond donors (Lipinski definition) is 2. The van der Waals surface area contributed by atoms with Crippen LogP contribution in [0.3, 0.4) is 0 Å². The van der Waals surface area contributed by atoms with Crippen molar-refractivity contribution in [3.8, 4) is 0 Å². The summed E-state index contributed by atoms with van der Waals surface area (Å²) in [6, 6.07) is 1.80. The van der Waals surface area contributed by atoms with Gasteiger partial charge in [-0.05, 0) is 6.07 Å². The van der Waals surface area contributed by atoms with Crippen LogP contribution in [0.4, 0.5) is 0 Å². The highest BCUT2D eigenvalue weighted by Gasteiger charge is 2.07. The third-order valence-corrected chi connectivity index (χ3v) is 2.06. The van der Waals surface area contributed by atoms with Crippen LogP contribution in [0, 0.1) is 0 Å². The normalized spacial score (nSPS) is 10.8. The highest BCUT2D eigenvalue weighted by atomic mass is 35.5. The number of H-pyrrole nitrogens is 1. The summed E-state index contributed by atoms with van der Waals surface area (Å²) in [4.78, 5) is 2.87. The molecule has 0 unspecified atom stereocenters. The second kappa shape index (κ2) is 2.73. The lowest BCUT2D eigenvalue weighted by atomic mass is 10.3. The van der Waals surface area contributed by atoms with Crippen LogP contribution in [0.1, 0.15) is 5.69 Å². The Bertz CT molecular complexity index is 412. The quantitative estimate of drug-likeness (QED) is 0.696. The molecule has 0 radical (unpaired) electrons. The number of aromatic amines is 1. The van der Waals surface area contributed by atoms with Gasteiger partial charge in [0.15, 0.2) is 5.65 Å². The van der Waals surface area contributed by atoms with E-state index in [1.54, 1.807) is 12.3 Å². The van der Waals surface area contributed by atoms with E-state index in [2.05, 4.69) is 15.2 Å². The molecule has 4 nitrogen and oxygen atoms in total. The summed E-state index contributed by atoms with van der Waals surface area (Å²) >= 11 is 5.90. The van der Waals surface area contributed by atoms with Crippen molar-refractivity contribution in [3.63, 3.8) is 0 Å². The fraction of sp³-hybridized carbons (Fsp3) is 0.143. The van der Waals surface area contributed by atoms with Gasteiger partial charge in [-0.3, -0.25) is 0 Å². The maximum atomic E-state index is 8.82. The number of aromatic nitrogens is 3. The number of fused-ring (bicyclic) bond motifs is 1. The first-order valence-corrected chi connectivity index (χ1v) is 3.79. The van der Waals surface area contributed by atoms with Gasteiger partial charge in [-0.2, -0.15) is 0 Å². The van der Waals surface area contributed by atoms with Gasteiger partial charge in [-0.25, -0.2) is 0 Å². The molecule has 2 heterocycles. The Hall–Kier alpha value is -1.13. The van der Waals surface area contributed by atoms with E-state index in [-0.39, 0.29) is 6.61 Å². The van der Waals surface area contributed by atoms with Crippen LogP contribution in [0.5, 0.6) is 0 Å². The maximum absolute atomic E-state index is 8.82. The lowest BCUT2D eigenvalue weighted by Crippen LogP contribution is -1.94. The molecule has 2 rings (SSSR count). The number of nitrogens with one attached hydrogen (secondary N) is 1. The zero-order chi connectivity index (χ0) is 8.55. The third kappa shape index (κ3) is 0.964. The second-order valence-electron chi connectivity index (χ2n) is 2.36. The van der Waals surface area contributed by atoms with Crippen molar-refractivity contribution in [1.82, 2.24) is 15.2 Å². The number of aliphatic hydroxyl groups is 1. The van der Waals surface area contributed by atoms with Gasteiger partial charge in [0.2, 0.25) is 0 Å². The molecule has 5 heteroatoms. The van der Waals surface area contributed by atoms with Crippen LogP contribution < -0.4 is 0 Å². The van der Waals surface area contributed by atoms with Crippen molar-refractivity contribution < 1.29 is 5.11 Å². The van der Waals surface area contributed by atoms with Gasteiger partial charge < -0.3 is 10.1 Å². The van der Waals surface area contributed by atoms with E-state index in [1.165, 1.54) is 0 Å². The number of rotatable bonds is 1. The summed E-state index contributed by atoms with van der Waals surface area (Å²) < 4.78 is 0. The molecule has 2 N–H and O–H groups in total. The van der Waals surface area contributed by atoms with Crippen molar-refractivity contribution in [2.24, 2.45) is 0 Å². The number of hydrogen-bond acceptors (Lipinski definition) is 3. The van der Waals surface area contributed by atoms with Crippen LogP contribution in [-0.2, 0) is 6.61 Å². The molecule has 0 aliphatic carbocycles. The molecule has 0 spiro atoms. The van der Waals surface area contributed by atoms with Crippen LogP contribution in [0.15, 0.2) is 12.3 Å². The van der Waals surface area contributed by atoms with E-state index >= 15 is 0 Å². The maximum Gasteiger partial charge on any atom is 0.161 e. The molecule has 2 aromatic heterocycles. The highest BCUT2D eigenvalue weighted by molar-refractivity contribution is 6.35. The van der Waals surface area contributed by atoms with Gasteiger partial charge in [0.05, 0.1) is 11.6 Å². The number of nitrogens with zero attached hydrogens (tertiary/aromatic N) is 2. The smallest absolute Gasteiger partial charge is 0.161 e. The molecule has 0 aliphatic heterocycles. The van der Waals surface area contributed by atoms with E-state index in [0.29, 0.717) is 16.4 Å². The van der Waals surface area contributed by atoms with Gasteiger partial charge >= 0.3 is 0 Å². The van der Waals surface area contributed by atoms with E-state index in [4.69, 9.17) is 16.7 Å². The van der Waals surface area contributed by atoms with E-state index in [1.807, 2.05) is 0 Å². The predicted octanol–water partition coefficient (Wildman–Crippen LogP) is 1.10. The first-order valence-electron chi connectivity index (χ1n) is 3.42. The molecule has 0 aromatic carbocycles. The molecular weight excluding hydrogens is 178 g/mol. The fourth-order valence-corrected chi connectivity index (χ4v) is 1.28. The first kappa shape index (κ1) is 7.52. The van der Waals surface area contributed by atoms with Crippen LogP contribution in [-0.4, -0.2) is 20.3 Å². The lowest BCUT2D eigenvalue weighted by Gasteiger charge is -1.97. The Morgan fingerprint density at radius 3 is 3.08 bits per heavy atom. The molecule has 0 bridgehead atoms. The van der Waals surface area contributed by atoms with Crippen LogP contribution in [0.2, 0.25) is 5.02 Å². The molecular formula is C7H6ClN3O. The Balaban J connectivity index is 2.78. The lowest BCUT2D eigenvalue weighted by molar-refractivity contribution is 0.276. The summed E-state index contributed by atoms with van der Waals surface area (Å²) in [6.07, 6.45) is 1.73. The van der Waals surface area contributed by atoms with Crippen LogP contribution in [0.25, 0.3) is 11.0 Å². The zero-order valence-corrected chi connectivity index (χ0v) is 6.84. The molecule has 2 aromatic rings. The van der Waals surface area contributed by atoms with Gasteiger partial charge in [0.25, 0.3) is 0 Å². The molecule has 0 aliphatic rings. The third-order valence-electron chi connectivity index (χ3n) is 1.64. The highest BCUT2D eigenvalue weighted by Crippen LogP contribution is 2.22. The molecule has 0 saturated heterocycles. The summed E-state index contributed by atoms with van der Waals surface area (Å²) in [7, 11) is 0. The summed E-state index contributed by atoms with van der Waals surface area (Å²) in [5, 5.41) is 17.6. The molecule has 0 fully saturated rings. The molecule has 0 atom stereocenters. The average Bonchev–Trinajstić information content (AvgIpc) is 2.53. The van der Waals surface area contributed by atoms with Crippen molar-refractivity contribution >= 4 is 22.6 Å². The summed E-state index contributed by atoms with van der Waals surface area (Å²) in [5.74, 6) is 0. The second-order valence-corrected chi connectivity index (χ2v) is 2.74. The summed E-state index contributed by atoms with van der Waals surface area (Å²) in [6.45, 7) is -0.188. The van der Waals surface area contributed by atoms with E-state index in [9.17, 15) is 0 Å². The Morgan fingerprint density at radius 1 is 1.50 bits per heavy atom. The summed E-state index contributed by atoms with van der Waals surface area (Å²) in [5.41, 5.74) is 1.04. The zero-order valence-electron chi connectivity index (χ0n) is 6.08. The van der Waals surface area contributed by atoms with Gasteiger partial charge in [0, 0.05) is 11.6 Å². The number of halogens is 1. The molecule has 62 valence electrons. The monoisotopic (exact) mass is 183 g/mol. The first-order chi connectivity index (χ1) is 5.83. The van der Waals surface area contributed by atoms with Crippen molar-refractivity contribution in [2.45, 2.75) is 6.61 Å². The molecule has 12 heavy (non-hydrogen) atoms. The minimum Gasteiger partial charge on any atom is -0.390 e. The minimum atomic E-state index is -0.188. The van der Waals surface area contributed by atoms with Crippen molar-refractivity contribution in [3.05, 3.63) is 23.0 Å². The Kier molecular flexibility index (Phi) is 1.71. The van der Waals surface area contributed by atoms with Gasteiger partial charge in [-0.1, -0.05) is 11.6 Å². The van der Waals surface area contributed by atoms with Crippen molar-refractivity contribution in [1.29, 1.82) is 0 Å².